The Morgan fingerprint density at radius 3 is 1.48 bits per heavy atom. The summed E-state index contributed by atoms with van der Waals surface area (Å²) in [5.74, 6) is -0.243. The van der Waals surface area contributed by atoms with Gasteiger partial charge in [0.25, 0.3) is 0 Å². The highest BCUT2D eigenvalue weighted by molar-refractivity contribution is 8.18. The highest BCUT2D eigenvalue weighted by atomic mass is 32.2. The number of aliphatic hydroxyl groups excluding tert-OH is 1. The van der Waals surface area contributed by atoms with Gasteiger partial charge in [0.05, 0.1) is 26.6 Å². The number of aliphatic imine (C=N–C) groups is 1. The van der Waals surface area contributed by atoms with Gasteiger partial charge in [0.2, 0.25) is 5.78 Å². The van der Waals surface area contributed by atoms with Gasteiger partial charge in [0.15, 0.2) is 10.8 Å². The maximum absolute atomic E-state index is 14.7. The van der Waals surface area contributed by atoms with Gasteiger partial charge in [0, 0.05) is 36.0 Å². The van der Waals surface area contributed by atoms with Crippen molar-refractivity contribution in [3.8, 4) is 11.3 Å². The number of hydrogen-bond acceptors (Lipinski definition) is 6. The Morgan fingerprint density at radius 1 is 0.552 bits per heavy atom. The molecule has 9 rings (SSSR count). The molecule has 0 saturated carbocycles. The first-order valence-corrected chi connectivity index (χ1v) is 20.9. The highest BCUT2D eigenvalue weighted by Gasteiger charge is 2.45. The van der Waals surface area contributed by atoms with Crippen molar-refractivity contribution in [2.24, 2.45) is 4.99 Å². The van der Waals surface area contributed by atoms with Crippen LogP contribution in [0.4, 0.5) is 5.13 Å². The Labute approximate surface area is 346 Å². The van der Waals surface area contributed by atoms with E-state index < -0.39 is 0 Å². The molecule has 0 radical (unpaired) electrons. The predicted octanol–water partition coefficient (Wildman–Crippen LogP) is 11.1. The number of thiazole rings is 1. The quantitative estimate of drug-likeness (QED) is 0.0986. The average molecular weight is 792 g/mol. The van der Waals surface area contributed by atoms with E-state index in [0.717, 1.165) is 43.7 Å². The number of rotatable bonds is 12. The second kappa shape index (κ2) is 16.9. The maximum atomic E-state index is 14.7. The molecule has 1 aliphatic carbocycles. The lowest BCUT2D eigenvalue weighted by Crippen LogP contribution is -2.24. The number of carbonyl (C=O) groups is 1. The van der Waals surface area contributed by atoms with Crippen molar-refractivity contribution < 1.29 is 14.5 Å². The van der Waals surface area contributed by atoms with Crippen LogP contribution in [0.3, 0.4) is 0 Å². The molecular formula is C50H39N4O2S2+. The minimum atomic E-state index is -0.215. The third-order valence-corrected chi connectivity index (χ3v) is 12.4. The molecule has 2 heterocycles. The number of benzene rings is 6. The largest absolute Gasteiger partial charge is 0.506 e. The fraction of sp³-hybridized carbons (Fsp3) is 0.0800. The lowest BCUT2D eigenvalue weighted by Gasteiger charge is -2.23. The zero-order valence-corrected chi connectivity index (χ0v) is 33.2. The second-order valence-electron chi connectivity index (χ2n) is 14.2. The van der Waals surface area contributed by atoms with Crippen LogP contribution in [0.2, 0.25) is 0 Å². The summed E-state index contributed by atoms with van der Waals surface area (Å²) >= 11 is 2.89. The molecular weight excluding hydrogens is 753 g/mol. The number of allylic oxidation sites excluding steroid dienone is 3. The smallest absolute Gasteiger partial charge is 0.360 e. The number of amidine groups is 1. The molecule has 2 aliphatic rings. The van der Waals surface area contributed by atoms with Gasteiger partial charge in [-0.15, -0.1) is 0 Å². The van der Waals surface area contributed by atoms with Crippen LogP contribution in [0.25, 0.3) is 16.8 Å². The molecule has 0 fully saturated rings. The predicted molar refractivity (Wildman–Crippen MR) is 238 cm³/mol. The Balaban J connectivity index is 1.16. The lowest BCUT2D eigenvalue weighted by molar-refractivity contribution is -0.558. The van der Waals surface area contributed by atoms with E-state index in [-0.39, 0.29) is 22.7 Å². The molecule has 8 heteroatoms. The zero-order chi connectivity index (χ0) is 39.3. The van der Waals surface area contributed by atoms with Crippen LogP contribution < -0.4 is 4.90 Å². The van der Waals surface area contributed by atoms with Crippen LogP contribution in [0.5, 0.6) is 0 Å². The summed E-state index contributed by atoms with van der Waals surface area (Å²) in [5, 5.41) is 13.7. The van der Waals surface area contributed by atoms with E-state index in [9.17, 15) is 9.90 Å². The van der Waals surface area contributed by atoms with Gasteiger partial charge in [-0.2, -0.15) is 0 Å². The van der Waals surface area contributed by atoms with Gasteiger partial charge in [-0.3, -0.25) is 4.79 Å². The molecule has 7 aromatic rings. The summed E-state index contributed by atoms with van der Waals surface area (Å²) in [4.78, 5) is 28.8. The molecule has 0 amide bonds. The highest BCUT2D eigenvalue weighted by Crippen LogP contribution is 2.49. The minimum Gasteiger partial charge on any atom is -0.506 e. The van der Waals surface area contributed by atoms with Gasteiger partial charge >= 0.3 is 5.17 Å². The van der Waals surface area contributed by atoms with E-state index in [1.807, 2.05) is 133 Å². The third kappa shape index (κ3) is 7.85. The Morgan fingerprint density at radius 2 is 1.00 bits per heavy atom. The Kier molecular flexibility index (Phi) is 10.8. The summed E-state index contributed by atoms with van der Waals surface area (Å²) in [6.45, 7) is 2.50. The van der Waals surface area contributed by atoms with Gasteiger partial charge < -0.3 is 10.0 Å². The average Bonchev–Trinajstić information content (AvgIpc) is 3.91. The molecule has 6 nitrogen and oxygen atoms in total. The normalized spacial score (nSPS) is 15.0. The zero-order valence-electron chi connectivity index (χ0n) is 31.6. The summed E-state index contributed by atoms with van der Waals surface area (Å²) in [5.41, 5.74) is 8.28. The maximum Gasteiger partial charge on any atom is 0.360 e. The Bertz CT molecular complexity index is 2610. The van der Waals surface area contributed by atoms with Crippen LogP contribution >= 0.6 is 23.1 Å². The molecule has 0 spiro atoms. The topological polar surface area (TPSA) is 68.8 Å². The van der Waals surface area contributed by atoms with Crippen LogP contribution in [0.1, 0.15) is 32.7 Å². The summed E-state index contributed by atoms with van der Waals surface area (Å²) in [6, 6.07) is 61.2. The van der Waals surface area contributed by atoms with Crippen LogP contribution in [0.15, 0.2) is 203 Å². The van der Waals surface area contributed by atoms with Crippen molar-refractivity contribution in [1.29, 1.82) is 0 Å². The number of anilines is 1. The van der Waals surface area contributed by atoms with Gasteiger partial charge in [-0.25, -0.2) is 9.56 Å². The third-order valence-electron chi connectivity index (χ3n) is 10.1. The monoisotopic (exact) mass is 791 g/mol. The van der Waals surface area contributed by atoms with Crippen molar-refractivity contribution in [3.05, 3.63) is 231 Å². The molecule has 0 bridgehead atoms. The standard InChI is InChI=1S/C50H38N4O2S2/c55-45-41(47-43(39-27-15-5-16-28-39)51-49(57-47)53(31-35-19-7-1-8-20-35)32-36-21-9-2-10-22-36)46(56)42(45)48-44(40-29-17-6-18-30-40)52-50(58-48)54(33-37-23-11-3-12-24-37)34-38-25-13-4-14-26-38/h1-30H,31-34H2/p+1. The first-order valence-electron chi connectivity index (χ1n) is 19.2. The fourth-order valence-electron chi connectivity index (χ4n) is 7.23. The van der Waals surface area contributed by atoms with Crippen molar-refractivity contribution in [2.75, 3.05) is 4.90 Å². The first-order chi connectivity index (χ1) is 28.6. The van der Waals surface area contributed by atoms with Crippen LogP contribution in [-0.2, 0) is 31.0 Å². The number of hydrogen-bond donors (Lipinski definition) is 1. The number of ketones is 1. The van der Waals surface area contributed by atoms with E-state index in [1.165, 1.54) is 23.1 Å². The minimum absolute atomic E-state index is 0.0277. The number of nitrogens with zero attached hydrogens (tertiary/aromatic N) is 4. The van der Waals surface area contributed by atoms with E-state index in [4.69, 9.17) is 9.98 Å². The van der Waals surface area contributed by atoms with E-state index in [2.05, 4.69) is 58.0 Å². The van der Waals surface area contributed by atoms with Gasteiger partial charge in [-0.05, 0) is 27.2 Å². The molecule has 58 heavy (non-hydrogen) atoms. The molecule has 1 aliphatic heterocycles. The molecule has 1 N–H and O–H groups in total. The molecule has 1 aromatic heterocycles. The van der Waals surface area contributed by atoms with E-state index in [1.54, 1.807) is 0 Å². The van der Waals surface area contributed by atoms with Crippen molar-refractivity contribution in [3.63, 3.8) is 0 Å². The lowest BCUT2D eigenvalue weighted by atomic mass is 9.84. The molecule has 0 unspecified atom stereocenters. The van der Waals surface area contributed by atoms with Gasteiger partial charge in [0.1, 0.15) is 18.8 Å². The summed E-state index contributed by atoms with van der Waals surface area (Å²) in [6.07, 6.45) is 0. The number of thioether (sulfide) groups is 1. The van der Waals surface area contributed by atoms with Crippen molar-refractivity contribution >= 4 is 50.5 Å². The molecule has 0 saturated heterocycles. The number of carbonyl (C=O) groups excluding carboxylic acids is 1. The fourth-order valence-corrected chi connectivity index (χ4v) is 9.49. The number of Topliss-reactive ketones (excluding diaryl/α,β-unsaturated/α-hetero) is 1. The Hall–Kier alpha value is -6.61. The van der Waals surface area contributed by atoms with Crippen LogP contribution in [-0.4, -0.2) is 31.3 Å². The van der Waals surface area contributed by atoms with Crippen LogP contribution in [0, 0.1) is 0 Å². The SMILES string of the molecule is O=C1C(c2sc(N(Cc3ccccc3)Cc3ccccc3)nc2-c2ccccc2)=C(O)/C1=C1/SC(=[N+](Cc2ccccc2)Cc2ccccc2)N=C1c1ccccc1. The van der Waals surface area contributed by atoms with E-state index >= 15 is 0 Å². The summed E-state index contributed by atoms with van der Waals surface area (Å²) in [7, 11) is 0. The first kappa shape index (κ1) is 37.0. The molecule has 282 valence electrons. The summed E-state index contributed by atoms with van der Waals surface area (Å²) < 4.78 is 2.24. The van der Waals surface area contributed by atoms with Gasteiger partial charge in [-0.1, -0.05) is 193 Å². The number of aliphatic hydroxyl groups is 1. The molecule has 6 aromatic carbocycles. The van der Waals surface area contributed by atoms with E-state index in [0.29, 0.717) is 47.4 Å². The van der Waals surface area contributed by atoms with Crippen molar-refractivity contribution in [1.82, 2.24) is 4.98 Å². The number of aromatic nitrogens is 1. The second-order valence-corrected chi connectivity index (χ2v) is 16.1. The molecule has 0 atom stereocenters. The van der Waals surface area contributed by atoms with Crippen molar-refractivity contribution in [2.45, 2.75) is 26.2 Å².